The standard InChI is InChI=1S/C21H24N2O3/c22-21(24)16-6-4-15(5-7-16)14-23-10-1-3-18(23)17-8-9-19-20(13-17)26-12-2-11-25-19/h4-9,13,18H,1-3,10-12,14H2,(H2,22,24)/t18-/m1/s1. The van der Waals surface area contributed by atoms with Crippen molar-refractivity contribution in [2.24, 2.45) is 5.73 Å². The summed E-state index contributed by atoms with van der Waals surface area (Å²) >= 11 is 0. The fraction of sp³-hybridized carbons (Fsp3) is 0.381. The van der Waals surface area contributed by atoms with E-state index >= 15 is 0 Å². The molecular formula is C21H24N2O3. The molecule has 1 saturated heterocycles. The number of fused-ring (bicyclic) bond motifs is 1. The number of amides is 1. The number of benzene rings is 2. The summed E-state index contributed by atoms with van der Waals surface area (Å²) in [6, 6.07) is 14.3. The first-order chi connectivity index (χ1) is 12.7. The molecule has 0 radical (unpaired) electrons. The summed E-state index contributed by atoms with van der Waals surface area (Å²) < 4.78 is 11.6. The molecule has 2 aromatic carbocycles. The Morgan fingerprint density at radius 2 is 1.81 bits per heavy atom. The number of nitrogens with two attached hydrogens (primary N) is 1. The summed E-state index contributed by atoms with van der Waals surface area (Å²) in [6.07, 6.45) is 3.23. The molecule has 4 rings (SSSR count). The van der Waals surface area contributed by atoms with E-state index in [0.717, 1.165) is 37.4 Å². The molecule has 5 heteroatoms. The third-order valence-corrected chi connectivity index (χ3v) is 5.14. The lowest BCUT2D eigenvalue weighted by Gasteiger charge is -2.25. The van der Waals surface area contributed by atoms with Gasteiger partial charge in [0, 0.05) is 24.6 Å². The Labute approximate surface area is 153 Å². The van der Waals surface area contributed by atoms with Crippen LogP contribution in [0.15, 0.2) is 42.5 Å². The molecular weight excluding hydrogens is 328 g/mol. The van der Waals surface area contributed by atoms with Gasteiger partial charge in [-0.05, 0) is 54.8 Å². The molecule has 1 fully saturated rings. The zero-order chi connectivity index (χ0) is 17.9. The van der Waals surface area contributed by atoms with Gasteiger partial charge in [-0.2, -0.15) is 0 Å². The maximum absolute atomic E-state index is 11.2. The van der Waals surface area contributed by atoms with Crippen LogP contribution in [0.4, 0.5) is 0 Å². The Bertz CT molecular complexity index is 788. The van der Waals surface area contributed by atoms with E-state index in [1.807, 2.05) is 18.2 Å². The lowest BCUT2D eigenvalue weighted by atomic mass is 10.0. The van der Waals surface area contributed by atoms with Gasteiger partial charge in [0.05, 0.1) is 13.2 Å². The van der Waals surface area contributed by atoms with E-state index in [4.69, 9.17) is 15.2 Å². The van der Waals surface area contributed by atoms with Crippen molar-refractivity contribution in [3.63, 3.8) is 0 Å². The number of carbonyl (C=O) groups is 1. The van der Waals surface area contributed by atoms with Crippen molar-refractivity contribution in [3.8, 4) is 11.5 Å². The smallest absolute Gasteiger partial charge is 0.248 e. The van der Waals surface area contributed by atoms with Gasteiger partial charge in [-0.3, -0.25) is 9.69 Å². The molecule has 0 aromatic heterocycles. The molecule has 2 aromatic rings. The van der Waals surface area contributed by atoms with E-state index in [-0.39, 0.29) is 5.91 Å². The average Bonchev–Trinajstić information content (AvgIpc) is 2.97. The monoisotopic (exact) mass is 352 g/mol. The quantitative estimate of drug-likeness (QED) is 0.917. The van der Waals surface area contributed by atoms with E-state index in [2.05, 4.69) is 17.0 Å². The van der Waals surface area contributed by atoms with Crippen molar-refractivity contribution in [3.05, 3.63) is 59.2 Å². The Hall–Kier alpha value is -2.53. The maximum atomic E-state index is 11.2. The zero-order valence-electron chi connectivity index (χ0n) is 14.8. The average molecular weight is 352 g/mol. The van der Waals surface area contributed by atoms with Gasteiger partial charge in [0.15, 0.2) is 11.5 Å². The zero-order valence-corrected chi connectivity index (χ0v) is 14.8. The number of hydrogen-bond donors (Lipinski definition) is 1. The first-order valence-corrected chi connectivity index (χ1v) is 9.23. The third-order valence-electron chi connectivity index (χ3n) is 5.14. The number of ether oxygens (including phenoxy) is 2. The van der Waals surface area contributed by atoms with Crippen molar-refractivity contribution in [2.45, 2.75) is 31.8 Å². The lowest BCUT2D eigenvalue weighted by molar-refractivity contribution is 0.1000. The lowest BCUT2D eigenvalue weighted by Crippen LogP contribution is -2.23. The van der Waals surface area contributed by atoms with Crippen molar-refractivity contribution < 1.29 is 14.3 Å². The highest BCUT2D eigenvalue weighted by Crippen LogP contribution is 2.38. The van der Waals surface area contributed by atoms with Crippen LogP contribution in [0.2, 0.25) is 0 Å². The van der Waals surface area contributed by atoms with Gasteiger partial charge < -0.3 is 15.2 Å². The molecule has 5 nitrogen and oxygen atoms in total. The Morgan fingerprint density at radius 3 is 2.58 bits per heavy atom. The van der Waals surface area contributed by atoms with E-state index in [1.165, 1.54) is 17.5 Å². The molecule has 0 saturated carbocycles. The molecule has 136 valence electrons. The number of rotatable bonds is 4. The normalized spacial score (nSPS) is 19.9. The van der Waals surface area contributed by atoms with Crippen LogP contribution in [0.25, 0.3) is 0 Å². The molecule has 26 heavy (non-hydrogen) atoms. The summed E-state index contributed by atoms with van der Waals surface area (Å²) in [6.45, 7) is 3.34. The predicted octanol–water partition coefficient (Wildman–Crippen LogP) is 3.28. The van der Waals surface area contributed by atoms with Crippen LogP contribution < -0.4 is 15.2 Å². The largest absolute Gasteiger partial charge is 0.490 e. The molecule has 2 aliphatic heterocycles. The van der Waals surface area contributed by atoms with Crippen LogP contribution >= 0.6 is 0 Å². The first kappa shape index (κ1) is 16.9. The molecule has 1 amide bonds. The molecule has 1 atom stereocenters. The minimum absolute atomic E-state index is 0.378. The second kappa shape index (κ2) is 7.38. The van der Waals surface area contributed by atoms with Gasteiger partial charge in [0.25, 0.3) is 0 Å². The fourth-order valence-corrected chi connectivity index (χ4v) is 3.79. The van der Waals surface area contributed by atoms with Crippen molar-refractivity contribution in [2.75, 3.05) is 19.8 Å². The topological polar surface area (TPSA) is 64.8 Å². The van der Waals surface area contributed by atoms with E-state index in [9.17, 15) is 4.79 Å². The number of hydrogen-bond acceptors (Lipinski definition) is 4. The summed E-state index contributed by atoms with van der Waals surface area (Å²) in [4.78, 5) is 13.7. The molecule has 2 aliphatic rings. The molecule has 2 heterocycles. The van der Waals surface area contributed by atoms with E-state index in [0.29, 0.717) is 24.8 Å². The molecule has 0 unspecified atom stereocenters. The molecule has 0 spiro atoms. The van der Waals surface area contributed by atoms with Crippen LogP contribution in [0.1, 0.15) is 46.8 Å². The maximum Gasteiger partial charge on any atom is 0.248 e. The number of likely N-dealkylation sites (tertiary alicyclic amines) is 1. The van der Waals surface area contributed by atoms with Crippen LogP contribution in [0, 0.1) is 0 Å². The highest BCUT2D eigenvalue weighted by molar-refractivity contribution is 5.92. The van der Waals surface area contributed by atoms with Gasteiger partial charge in [0.2, 0.25) is 5.91 Å². The second-order valence-electron chi connectivity index (χ2n) is 6.95. The summed E-state index contributed by atoms with van der Waals surface area (Å²) in [5.41, 5.74) is 8.34. The van der Waals surface area contributed by atoms with Crippen molar-refractivity contribution in [1.29, 1.82) is 0 Å². The van der Waals surface area contributed by atoms with Gasteiger partial charge in [0.1, 0.15) is 0 Å². The Kier molecular flexibility index (Phi) is 4.80. The van der Waals surface area contributed by atoms with E-state index < -0.39 is 0 Å². The van der Waals surface area contributed by atoms with Crippen molar-refractivity contribution in [1.82, 2.24) is 4.90 Å². The number of nitrogens with zero attached hydrogens (tertiary/aromatic N) is 1. The Morgan fingerprint density at radius 1 is 1.04 bits per heavy atom. The van der Waals surface area contributed by atoms with Crippen LogP contribution in [0.3, 0.4) is 0 Å². The summed E-state index contributed by atoms with van der Waals surface area (Å²) in [5.74, 6) is 1.32. The van der Waals surface area contributed by atoms with Gasteiger partial charge in [-0.1, -0.05) is 18.2 Å². The number of primary amides is 1. The van der Waals surface area contributed by atoms with Gasteiger partial charge in [-0.25, -0.2) is 0 Å². The SMILES string of the molecule is NC(=O)c1ccc(CN2CCC[C@@H]2c2ccc3c(c2)OCCCO3)cc1. The summed E-state index contributed by atoms with van der Waals surface area (Å²) in [5, 5.41) is 0. The van der Waals surface area contributed by atoms with E-state index in [1.54, 1.807) is 12.1 Å². The first-order valence-electron chi connectivity index (χ1n) is 9.23. The highest BCUT2D eigenvalue weighted by atomic mass is 16.5. The molecule has 2 N–H and O–H groups in total. The van der Waals surface area contributed by atoms with Crippen LogP contribution in [0.5, 0.6) is 11.5 Å². The fourth-order valence-electron chi connectivity index (χ4n) is 3.79. The van der Waals surface area contributed by atoms with Gasteiger partial charge >= 0.3 is 0 Å². The number of carbonyl (C=O) groups excluding carboxylic acids is 1. The summed E-state index contributed by atoms with van der Waals surface area (Å²) in [7, 11) is 0. The Balaban J connectivity index is 1.51. The second-order valence-corrected chi connectivity index (χ2v) is 6.95. The minimum atomic E-state index is -0.386. The third kappa shape index (κ3) is 3.53. The minimum Gasteiger partial charge on any atom is -0.490 e. The van der Waals surface area contributed by atoms with Gasteiger partial charge in [-0.15, -0.1) is 0 Å². The van der Waals surface area contributed by atoms with Crippen molar-refractivity contribution >= 4 is 5.91 Å². The van der Waals surface area contributed by atoms with Crippen LogP contribution in [-0.2, 0) is 6.54 Å². The molecule has 0 aliphatic carbocycles. The van der Waals surface area contributed by atoms with Crippen LogP contribution in [-0.4, -0.2) is 30.6 Å². The predicted molar refractivity (Wildman–Crippen MR) is 99.4 cm³/mol. The highest BCUT2D eigenvalue weighted by Gasteiger charge is 2.27. The molecule has 0 bridgehead atoms.